The zero-order chi connectivity index (χ0) is 24.9. The fourth-order valence-electron chi connectivity index (χ4n) is 3.04. The van der Waals surface area contributed by atoms with Crippen molar-refractivity contribution in [2.75, 3.05) is 11.5 Å². The molecule has 2 rings (SSSR count). The smallest absolute Gasteiger partial charge is 0.357 e. The van der Waals surface area contributed by atoms with Crippen molar-refractivity contribution in [2.45, 2.75) is 57.9 Å². The number of carboxylic acids is 1. The first-order valence-corrected chi connectivity index (χ1v) is 13.5. The molecule has 3 atom stereocenters. The van der Waals surface area contributed by atoms with Crippen molar-refractivity contribution in [2.24, 2.45) is 11.3 Å². The van der Waals surface area contributed by atoms with Gasteiger partial charge in [-0.2, -0.15) is 0 Å². The normalized spacial score (nSPS) is 20.1. The highest BCUT2D eigenvalue weighted by molar-refractivity contribution is 8.16. The van der Waals surface area contributed by atoms with Gasteiger partial charge >= 0.3 is 5.97 Å². The lowest BCUT2D eigenvalue weighted by atomic mass is 9.92. The van der Waals surface area contributed by atoms with Crippen LogP contribution in [0.2, 0.25) is 0 Å². The third-order valence-corrected chi connectivity index (χ3v) is 8.05. The number of ether oxygens (including phenoxy) is 1. The summed E-state index contributed by atoms with van der Waals surface area (Å²) in [6.07, 6.45) is -0.926. The molecule has 0 bridgehead atoms. The largest absolute Gasteiger partial charge is 0.476 e. The number of nitrogens with zero attached hydrogens (tertiary/aromatic N) is 1. The number of hydrogen-bond donors (Lipinski definition) is 2. The molecule has 0 saturated carbocycles. The van der Waals surface area contributed by atoms with Gasteiger partial charge in [-0.3, -0.25) is 14.5 Å². The van der Waals surface area contributed by atoms with Crippen LogP contribution in [0.5, 0.6) is 5.75 Å². The molecule has 2 N–H and O–H groups in total. The molecule has 1 heterocycles. The van der Waals surface area contributed by atoms with E-state index in [0.29, 0.717) is 23.3 Å². The standard InChI is InChI=1S/C23H31NO6S3/c1-7-31-15-11-9-14(10-12-15)30-21(33-22(29)23(4,5)6)17(20(27)28)24-18(26)16(13(3)25)19(24)32-8-2/h9-13,16,19,25H,7-8H2,1-6H3,(H,27,28)/t13-,16+,19-/m1/s1. The van der Waals surface area contributed by atoms with Gasteiger partial charge in [0.25, 0.3) is 0 Å². The summed E-state index contributed by atoms with van der Waals surface area (Å²) in [7, 11) is 0. The summed E-state index contributed by atoms with van der Waals surface area (Å²) >= 11 is 3.69. The first kappa shape index (κ1) is 27.6. The summed E-state index contributed by atoms with van der Waals surface area (Å²) in [6, 6.07) is 7.11. The fraction of sp³-hybridized carbons (Fsp3) is 0.522. The Bertz CT molecular complexity index is 908. The van der Waals surface area contributed by atoms with Crippen molar-refractivity contribution in [1.82, 2.24) is 4.90 Å². The Hall–Kier alpha value is -1.62. The molecule has 1 amide bonds. The highest BCUT2D eigenvalue weighted by Crippen LogP contribution is 2.43. The quantitative estimate of drug-likeness (QED) is 0.200. The molecule has 1 fully saturated rings. The van der Waals surface area contributed by atoms with E-state index in [1.165, 1.54) is 18.7 Å². The van der Waals surface area contributed by atoms with Crippen molar-refractivity contribution in [3.63, 3.8) is 0 Å². The van der Waals surface area contributed by atoms with E-state index in [1.807, 2.05) is 26.0 Å². The molecule has 1 aliphatic rings. The SMILES string of the molecule is CCSc1ccc(OC(SC(=O)C(C)(C)C)=C(C(=O)O)N2C(=O)[C@H]([C@@H](C)O)[C@H]2SCC)cc1. The van der Waals surface area contributed by atoms with E-state index in [0.717, 1.165) is 15.5 Å². The molecule has 1 aliphatic heterocycles. The lowest BCUT2D eigenvalue weighted by Crippen LogP contribution is -2.63. The molecule has 1 aromatic rings. The monoisotopic (exact) mass is 513 g/mol. The fourth-order valence-corrected chi connectivity index (χ4v) is 5.85. The van der Waals surface area contributed by atoms with E-state index < -0.39 is 40.4 Å². The molecule has 0 unspecified atom stereocenters. The van der Waals surface area contributed by atoms with Gasteiger partial charge in [0.15, 0.2) is 10.8 Å². The molecule has 1 aromatic carbocycles. The Morgan fingerprint density at radius 1 is 1.15 bits per heavy atom. The van der Waals surface area contributed by atoms with Gasteiger partial charge in [-0.15, -0.1) is 23.5 Å². The summed E-state index contributed by atoms with van der Waals surface area (Å²) in [4.78, 5) is 40.3. The van der Waals surface area contributed by atoms with Crippen molar-refractivity contribution < 1.29 is 29.3 Å². The average molecular weight is 514 g/mol. The van der Waals surface area contributed by atoms with Crippen LogP contribution >= 0.6 is 35.3 Å². The number of rotatable bonds is 10. The van der Waals surface area contributed by atoms with Gasteiger partial charge in [-0.05, 0) is 54.5 Å². The van der Waals surface area contributed by atoms with E-state index in [9.17, 15) is 24.6 Å². The minimum absolute atomic E-state index is 0.169. The van der Waals surface area contributed by atoms with Crippen molar-refractivity contribution in [3.8, 4) is 5.75 Å². The predicted molar refractivity (Wildman–Crippen MR) is 134 cm³/mol. The van der Waals surface area contributed by atoms with Crippen LogP contribution in [-0.2, 0) is 14.4 Å². The number of amides is 1. The van der Waals surface area contributed by atoms with Crippen LogP contribution in [0.4, 0.5) is 0 Å². The molecule has 0 aliphatic carbocycles. The second-order valence-electron chi connectivity index (χ2n) is 8.41. The van der Waals surface area contributed by atoms with Crippen LogP contribution in [0, 0.1) is 11.3 Å². The number of carbonyl (C=O) groups excluding carboxylic acids is 2. The van der Waals surface area contributed by atoms with Gasteiger partial charge in [0, 0.05) is 10.3 Å². The lowest BCUT2D eigenvalue weighted by molar-refractivity contribution is -0.157. The molecule has 0 radical (unpaired) electrons. The van der Waals surface area contributed by atoms with Crippen molar-refractivity contribution in [1.29, 1.82) is 0 Å². The number of benzene rings is 1. The van der Waals surface area contributed by atoms with Crippen LogP contribution in [-0.4, -0.2) is 55.1 Å². The molecule has 182 valence electrons. The molecular formula is C23H31NO6S3. The lowest BCUT2D eigenvalue weighted by Gasteiger charge is -2.47. The Morgan fingerprint density at radius 2 is 1.76 bits per heavy atom. The first-order chi connectivity index (χ1) is 15.4. The molecule has 0 aromatic heterocycles. The summed E-state index contributed by atoms with van der Waals surface area (Å²) in [6.45, 7) is 10.6. The summed E-state index contributed by atoms with van der Waals surface area (Å²) in [5, 5.41) is 19.1. The number of aliphatic hydroxyl groups is 1. The van der Waals surface area contributed by atoms with Gasteiger partial charge in [-0.1, -0.05) is 34.6 Å². The van der Waals surface area contributed by atoms with E-state index in [-0.39, 0.29) is 10.2 Å². The van der Waals surface area contributed by atoms with Gasteiger partial charge in [0.2, 0.25) is 11.0 Å². The number of aliphatic carboxylic acids is 1. The zero-order valence-electron chi connectivity index (χ0n) is 19.7. The number of aliphatic hydroxyl groups excluding tert-OH is 1. The highest BCUT2D eigenvalue weighted by atomic mass is 32.2. The topological polar surface area (TPSA) is 104 Å². The van der Waals surface area contributed by atoms with E-state index in [2.05, 4.69) is 0 Å². The number of carboxylic acid groups (broad SMARTS) is 1. The van der Waals surface area contributed by atoms with Crippen molar-refractivity contribution >= 4 is 52.3 Å². The molecule has 10 heteroatoms. The predicted octanol–water partition coefficient (Wildman–Crippen LogP) is 4.66. The molecule has 1 saturated heterocycles. The maximum atomic E-state index is 12.9. The van der Waals surface area contributed by atoms with E-state index >= 15 is 0 Å². The van der Waals surface area contributed by atoms with Gasteiger partial charge in [0.1, 0.15) is 5.75 Å². The van der Waals surface area contributed by atoms with Crippen LogP contribution < -0.4 is 4.74 Å². The number of carbonyl (C=O) groups is 3. The maximum Gasteiger partial charge on any atom is 0.357 e. The minimum Gasteiger partial charge on any atom is -0.476 e. The van der Waals surface area contributed by atoms with Gasteiger partial charge in [0.05, 0.1) is 17.4 Å². The number of likely N-dealkylation sites (tertiary alicyclic amines) is 1. The number of thioether (sulfide) groups is 3. The molecular weight excluding hydrogens is 482 g/mol. The Morgan fingerprint density at radius 3 is 2.21 bits per heavy atom. The zero-order valence-corrected chi connectivity index (χ0v) is 22.1. The Labute approximate surface area is 207 Å². The molecule has 33 heavy (non-hydrogen) atoms. The maximum absolute atomic E-state index is 12.9. The van der Waals surface area contributed by atoms with Crippen LogP contribution in [0.15, 0.2) is 39.9 Å². The Balaban J connectivity index is 2.54. The van der Waals surface area contributed by atoms with Crippen molar-refractivity contribution in [3.05, 3.63) is 35.1 Å². The van der Waals surface area contributed by atoms with Crippen LogP contribution in [0.25, 0.3) is 0 Å². The van der Waals surface area contributed by atoms with Crippen LogP contribution in [0.1, 0.15) is 41.5 Å². The number of hydrogen-bond acceptors (Lipinski definition) is 8. The molecule has 7 nitrogen and oxygen atoms in total. The average Bonchev–Trinajstić information content (AvgIpc) is 2.71. The summed E-state index contributed by atoms with van der Waals surface area (Å²) in [5.74, 6) is -0.727. The molecule has 0 spiro atoms. The third kappa shape index (κ3) is 6.71. The second kappa shape index (κ2) is 11.7. The summed E-state index contributed by atoms with van der Waals surface area (Å²) in [5.41, 5.74) is -1.15. The Kier molecular flexibility index (Phi) is 9.78. The highest BCUT2D eigenvalue weighted by Gasteiger charge is 2.54. The minimum atomic E-state index is -1.38. The first-order valence-electron chi connectivity index (χ1n) is 10.7. The van der Waals surface area contributed by atoms with Gasteiger partial charge < -0.3 is 14.9 Å². The summed E-state index contributed by atoms with van der Waals surface area (Å²) < 4.78 is 5.93. The third-order valence-electron chi connectivity index (χ3n) is 4.72. The number of β-lactam (4-membered cyclic amide) rings is 1. The van der Waals surface area contributed by atoms with Gasteiger partial charge in [-0.25, -0.2) is 4.79 Å². The second-order valence-corrected chi connectivity index (χ2v) is 12.1. The van der Waals surface area contributed by atoms with Crippen LogP contribution in [0.3, 0.4) is 0 Å². The van der Waals surface area contributed by atoms with E-state index in [4.69, 9.17) is 4.74 Å². The van der Waals surface area contributed by atoms with E-state index in [1.54, 1.807) is 44.7 Å².